The van der Waals surface area contributed by atoms with Gasteiger partial charge in [-0.15, -0.1) is 0 Å². The lowest BCUT2D eigenvalue weighted by molar-refractivity contribution is -0.126. The zero-order chi connectivity index (χ0) is 15.1. The number of carbonyl (C=O) groups is 2. The first-order valence-corrected chi connectivity index (χ1v) is 8.84. The second-order valence-electron chi connectivity index (χ2n) is 6.62. The molecule has 1 spiro atoms. The molecule has 0 radical (unpaired) electrons. The number of hydrogen-bond donors (Lipinski definition) is 1. The van der Waals surface area contributed by atoms with Crippen LogP contribution >= 0.6 is 0 Å². The van der Waals surface area contributed by atoms with Crippen molar-refractivity contribution in [3.63, 3.8) is 0 Å². The molecule has 4 nitrogen and oxygen atoms in total. The summed E-state index contributed by atoms with van der Waals surface area (Å²) in [5, 5.41) is 2.52. The van der Waals surface area contributed by atoms with Gasteiger partial charge in [-0.3, -0.25) is 10.1 Å². The fourth-order valence-corrected chi connectivity index (χ4v) is 3.77. The molecule has 1 heterocycles. The van der Waals surface area contributed by atoms with Crippen molar-refractivity contribution >= 4 is 11.9 Å². The molecule has 4 heteroatoms. The minimum absolute atomic E-state index is 0.0513. The van der Waals surface area contributed by atoms with Crippen LogP contribution in [0, 0.1) is 0 Å². The van der Waals surface area contributed by atoms with Crippen molar-refractivity contribution in [3.05, 3.63) is 0 Å². The molecule has 1 N–H and O–H groups in total. The molecule has 21 heavy (non-hydrogen) atoms. The standard InChI is InChI=1S/C17H30N2O2/c1-2-3-4-5-6-7-8-11-14-19-16(21)18-15(20)17(19)12-9-10-13-17/h2-14H2,1H3,(H,18,20,21). The summed E-state index contributed by atoms with van der Waals surface area (Å²) in [6, 6.07) is -0.162. The zero-order valence-corrected chi connectivity index (χ0v) is 13.5. The van der Waals surface area contributed by atoms with Crippen LogP contribution in [-0.4, -0.2) is 28.9 Å². The molecule has 120 valence electrons. The number of urea groups is 1. The van der Waals surface area contributed by atoms with E-state index >= 15 is 0 Å². The Labute approximate surface area is 128 Å². The Kier molecular flexibility index (Phi) is 6.07. The maximum Gasteiger partial charge on any atom is 0.325 e. The largest absolute Gasteiger partial charge is 0.325 e. The molecule has 2 rings (SSSR count). The lowest BCUT2D eigenvalue weighted by Crippen LogP contribution is -2.47. The fourth-order valence-electron chi connectivity index (χ4n) is 3.77. The SMILES string of the molecule is CCCCCCCCCCN1C(=O)NC(=O)C12CCCC2. The van der Waals surface area contributed by atoms with Crippen LogP contribution in [0.5, 0.6) is 0 Å². The third-order valence-corrected chi connectivity index (χ3v) is 5.07. The maximum absolute atomic E-state index is 12.1. The Morgan fingerprint density at radius 1 is 0.952 bits per heavy atom. The van der Waals surface area contributed by atoms with E-state index in [0.29, 0.717) is 0 Å². The highest BCUT2D eigenvalue weighted by molar-refractivity contribution is 6.07. The van der Waals surface area contributed by atoms with Crippen LogP contribution in [0.2, 0.25) is 0 Å². The van der Waals surface area contributed by atoms with E-state index in [1.807, 2.05) is 4.90 Å². The summed E-state index contributed by atoms with van der Waals surface area (Å²) in [5.41, 5.74) is -0.488. The van der Waals surface area contributed by atoms with E-state index < -0.39 is 5.54 Å². The Morgan fingerprint density at radius 3 is 2.14 bits per heavy atom. The Bertz CT molecular complexity index is 362. The smallest absolute Gasteiger partial charge is 0.310 e. The normalized spacial score (nSPS) is 20.5. The summed E-state index contributed by atoms with van der Waals surface area (Å²) >= 11 is 0. The summed E-state index contributed by atoms with van der Waals surface area (Å²) in [4.78, 5) is 25.9. The van der Waals surface area contributed by atoms with Crippen molar-refractivity contribution in [2.45, 2.75) is 89.5 Å². The van der Waals surface area contributed by atoms with Gasteiger partial charge in [-0.1, -0.05) is 64.7 Å². The Hall–Kier alpha value is -1.06. The number of rotatable bonds is 9. The molecule has 0 bridgehead atoms. The molecule has 0 aromatic heterocycles. The van der Waals surface area contributed by atoms with Gasteiger partial charge in [-0.2, -0.15) is 0 Å². The number of carbonyl (C=O) groups excluding carboxylic acids is 2. The Morgan fingerprint density at radius 2 is 1.52 bits per heavy atom. The number of hydrogen-bond acceptors (Lipinski definition) is 2. The lowest BCUT2D eigenvalue weighted by Gasteiger charge is -2.31. The van der Waals surface area contributed by atoms with Gasteiger partial charge in [-0.05, 0) is 19.3 Å². The predicted octanol–water partition coefficient (Wildman–Crippen LogP) is 3.99. The van der Waals surface area contributed by atoms with Gasteiger partial charge in [0, 0.05) is 6.54 Å². The molecule has 2 fully saturated rings. The van der Waals surface area contributed by atoms with Crippen LogP contribution in [0.3, 0.4) is 0 Å². The van der Waals surface area contributed by atoms with E-state index in [4.69, 9.17) is 0 Å². The van der Waals surface area contributed by atoms with Crippen molar-refractivity contribution in [1.29, 1.82) is 0 Å². The molecule has 1 saturated heterocycles. The van der Waals surface area contributed by atoms with E-state index in [9.17, 15) is 9.59 Å². The third-order valence-electron chi connectivity index (χ3n) is 5.07. The first-order valence-electron chi connectivity index (χ1n) is 8.84. The van der Waals surface area contributed by atoms with Gasteiger partial charge in [0.25, 0.3) is 5.91 Å². The molecular weight excluding hydrogens is 264 g/mol. The monoisotopic (exact) mass is 294 g/mol. The average Bonchev–Trinajstić information content (AvgIpc) is 3.03. The minimum atomic E-state index is -0.488. The summed E-state index contributed by atoms with van der Waals surface area (Å²) < 4.78 is 0. The molecule has 1 saturated carbocycles. The molecule has 2 aliphatic rings. The van der Waals surface area contributed by atoms with Gasteiger partial charge in [-0.25, -0.2) is 4.79 Å². The number of unbranched alkanes of at least 4 members (excludes halogenated alkanes) is 7. The van der Waals surface area contributed by atoms with Crippen molar-refractivity contribution in [2.75, 3.05) is 6.54 Å². The summed E-state index contributed by atoms with van der Waals surface area (Å²) in [5.74, 6) is -0.0513. The van der Waals surface area contributed by atoms with Gasteiger partial charge in [0.1, 0.15) is 5.54 Å². The van der Waals surface area contributed by atoms with Gasteiger partial charge in [0.15, 0.2) is 0 Å². The highest BCUT2D eigenvalue weighted by Crippen LogP contribution is 2.38. The first kappa shape index (κ1) is 16.3. The van der Waals surface area contributed by atoms with E-state index in [2.05, 4.69) is 12.2 Å². The molecular formula is C17H30N2O2. The first-order chi connectivity index (χ1) is 10.2. The van der Waals surface area contributed by atoms with Crippen LogP contribution in [0.25, 0.3) is 0 Å². The zero-order valence-electron chi connectivity index (χ0n) is 13.5. The molecule has 0 aromatic carbocycles. The molecule has 0 atom stereocenters. The second-order valence-corrected chi connectivity index (χ2v) is 6.62. The van der Waals surface area contributed by atoms with E-state index in [-0.39, 0.29) is 11.9 Å². The summed E-state index contributed by atoms with van der Waals surface area (Å²) in [7, 11) is 0. The Balaban J connectivity index is 1.67. The highest BCUT2D eigenvalue weighted by Gasteiger charge is 2.53. The van der Waals surface area contributed by atoms with Gasteiger partial charge < -0.3 is 4.90 Å². The molecule has 1 aliphatic carbocycles. The summed E-state index contributed by atoms with van der Waals surface area (Å²) in [6.07, 6.45) is 13.9. The molecule has 1 aliphatic heterocycles. The molecule has 0 aromatic rings. The average molecular weight is 294 g/mol. The number of amides is 3. The quantitative estimate of drug-likeness (QED) is 0.516. The lowest BCUT2D eigenvalue weighted by atomic mass is 9.95. The molecule has 3 amide bonds. The van der Waals surface area contributed by atoms with Crippen molar-refractivity contribution < 1.29 is 9.59 Å². The maximum atomic E-state index is 12.1. The topological polar surface area (TPSA) is 49.4 Å². The van der Waals surface area contributed by atoms with E-state index in [1.54, 1.807) is 0 Å². The number of imide groups is 1. The van der Waals surface area contributed by atoms with Crippen molar-refractivity contribution in [1.82, 2.24) is 10.2 Å². The predicted molar refractivity (Wildman–Crippen MR) is 84.1 cm³/mol. The minimum Gasteiger partial charge on any atom is -0.310 e. The van der Waals surface area contributed by atoms with Crippen molar-refractivity contribution in [2.24, 2.45) is 0 Å². The van der Waals surface area contributed by atoms with E-state index in [1.165, 1.54) is 44.9 Å². The van der Waals surface area contributed by atoms with Crippen LogP contribution in [0.4, 0.5) is 4.79 Å². The van der Waals surface area contributed by atoms with Gasteiger partial charge >= 0.3 is 6.03 Å². The van der Waals surface area contributed by atoms with E-state index in [0.717, 1.165) is 38.6 Å². The van der Waals surface area contributed by atoms with Crippen LogP contribution < -0.4 is 5.32 Å². The van der Waals surface area contributed by atoms with Crippen molar-refractivity contribution in [3.8, 4) is 0 Å². The molecule has 0 unspecified atom stereocenters. The summed E-state index contributed by atoms with van der Waals surface area (Å²) in [6.45, 7) is 2.98. The van der Waals surface area contributed by atoms with Crippen LogP contribution in [0.15, 0.2) is 0 Å². The van der Waals surface area contributed by atoms with Gasteiger partial charge in [0.2, 0.25) is 0 Å². The third kappa shape index (κ3) is 3.78. The van der Waals surface area contributed by atoms with Crippen LogP contribution in [-0.2, 0) is 4.79 Å². The number of nitrogens with one attached hydrogen (secondary N) is 1. The van der Waals surface area contributed by atoms with Gasteiger partial charge in [0.05, 0.1) is 0 Å². The number of nitrogens with zero attached hydrogens (tertiary/aromatic N) is 1. The highest BCUT2D eigenvalue weighted by atomic mass is 16.2. The van der Waals surface area contributed by atoms with Crippen LogP contribution in [0.1, 0.15) is 84.0 Å². The fraction of sp³-hybridized carbons (Fsp3) is 0.882. The second kappa shape index (κ2) is 7.81.